The first-order valence-corrected chi connectivity index (χ1v) is 8.46. The summed E-state index contributed by atoms with van der Waals surface area (Å²) < 4.78 is 43.9. The summed E-state index contributed by atoms with van der Waals surface area (Å²) in [5.41, 5.74) is -1.56. The molecule has 3 nitrogen and oxygen atoms in total. The van der Waals surface area contributed by atoms with Gasteiger partial charge in [-0.05, 0) is 36.4 Å². The molecule has 0 aromatic heterocycles. The molecule has 0 spiro atoms. The standard InChI is InChI=1S/C19H15ClF3N3/c20-12-8-9-16-15(11-12)18(19(21,22)23,26-13-5-2-1-3-6-13)14-7-4-10-24-17(14)25-16/h1-11,14,17,25-26H. The zero-order chi connectivity index (χ0) is 18.4. The molecule has 26 heavy (non-hydrogen) atoms. The molecule has 0 aliphatic carbocycles. The predicted octanol–water partition coefficient (Wildman–Crippen LogP) is 5.22. The molecule has 2 aliphatic heterocycles. The van der Waals surface area contributed by atoms with E-state index in [1.54, 1.807) is 48.5 Å². The number of halogens is 4. The highest BCUT2D eigenvalue weighted by Gasteiger charge is 2.64. The fourth-order valence-corrected chi connectivity index (χ4v) is 3.81. The molecule has 0 bridgehead atoms. The van der Waals surface area contributed by atoms with Crippen LogP contribution in [0.3, 0.4) is 0 Å². The van der Waals surface area contributed by atoms with E-state index in [-0.39, 0.29) is 10.6 Å². The van der Waals surface area contributed by atoms with E-state index in [0.717, 1.165) is 0 Å². The van der Waals surface area contributed by atoms with Gasteiger partial charge in [0.2, 0.25) is 0 Å². The van der Waals surface area contributed by atoms with E-state index in [9.17, 15) is 13.2 Å². The van der Waals surface area contributed by atoms with Crippen molar-refractivity contribution < 1.29 is 13.2 Å². The molecular formula is C19H15ClF3N3. The third kappa shape index (κ3) is 2.56. The van der Waals surface area contributed by atoms with Crippen molar-refractivity contribution in [1.82, 2.24) is 0 Å². The third-order valence-electron chi connectivity index (χ3n) is 4.76. The first-order chi connectivity index (χ1) is 12.4. The Hall–Kier alpha value is -2.47. The van der Waals surface area contributed by atoms with Crippen LogP contribution in [0, 0.1) is 5.92 Å². The maximum Gasteiger partial charge on any atom is 0.416 e. The van der Waals surface area contributed by atoms with Gasteiger partial charge in [0.05, 0.1) is 5.92 Å². The van der Waals surface area contributed by atoms with E-state index in [2.05, 4.69) is 15.6 Å². The number of benzene rings is 2. The number of hydrogen-bond donors (Lipinski definition) is 2. The van der Waals surface area contributed by atoms with Crippen LogP contribution < -0.4 is 10.6 Å². The minimum Gasteiger partial charge on any atom is -0.367 e. The third-order valence-corrected chi connectivity index (χ3v) is 5.00. The number of allylic oxidation sites excluding steroid dienone is 1. The lowest BCUT2D eigenvalue weighted by Crippen LogP contribution is -2.61. The second kappa shape index (κ2) is 6.06. The summed E-state index contributed by atoms with van der Waals surface area (Å²) in [4.78, 5) is 4.23. The van der Waals surface area contributed by atoms with E-state index >= 15 is 0 Å². The van der Waals surface area contributed by atoms with Crippen molar-refractivity contribution in [2.24, 2.45) is 10.9 Å². The van der Waals surface area contributed by atoms with Gasteiger partial charge in [0.15, 0.2) is 5.54 Å². The van der Waals surface area contributed by atoms with Crippen LogP contribution >= 0.6 is 11.6 Å². The van der Waals surface area contributed by atoms with Gasteiger partial charge in [-0.25, -0.2) is 0 Å². The first-order valence-electron chi connectivity index (χ1n) is 8.08. The summed E-state index contributed by atoms with van der Waals surface area (Å²) in [5.74, 6) is -0.973. The Balaban J connectivity index is 1.98. The summed E-state index contributed by atoms with van der Waals surface area (Å²) in [5, 5.41) is 6.11. The zero-order valence-corrected chi connectivity index (χ0v) is 14.2. The van der Waals surface area contributed by atoms with Gasteiger partial charge in [-0.2, -0.15) is 13.2 Å². The predicted molar refractivity (Wildman–Crippen MR) is 97.8 cm³/mol. The van der Waals surface area contributed by atoms with Gasteiger partial charge in [0.1, 0.15) is 6.17 Å². The van der Waals surface area contributed by atoms with Gasteiger partial charge in [0, 0.05) is 28.2 Å². The van der Waals surface area contributed by atoms with E-state index in [0.29, 0.717) is 11.4 Å². The van der Waals surface area contributed by atoms with Crippen molar-refractivity contribution in [3.63, 3.8) is 0 Å². The van der Waals surface area contributed by atoms with Crippen LogP contribution in [-0.4, -0.2) is 18.6 Å². The topological polar surface area (TPSA) is 36.4 Å². The number of nitrogens with one attached hydrogen (secondary N) is 2. The molecule has 2 aromatic carbocycles. The SMILES string of the molecule is FC(F)(F)C1(Nc2ccccc2)c2cc(Cl)ccc2NC2N=CC=CC21. The number of rotatable bonds is 2. The number of para-hydroxylation sites is 1. The maximum absolute atomic E-state index is 14.6. The number of fused-ring (bicyclic) bond motifs is 2. The molecule has 3 unspecified atom stereocenters. The Bertz CT molecular complexity index is 879. The van der Waals surface area contributed by atoms with E-state index in [1.165, 1.54) is 18.4 Å². The quantitative estimate of drug-likeness (QED) is 0.753. The lowest BCUT2D eigenvalue weighted by Gasteiger charge is -2.49. The molecule has 134 valence electrons. The highest BCUT2D eigenvalue weighted by Crippen LogP contribution is 2.54. The molecule has 4 rings (SSSR count). The van der Waals surface area contributed by atoms with Crippen molar-refractivity contribution in [3.05, 3.63) is 71.3 Å². The molecule has 2 aromatic rings. The van der Waals surface area contributed by atoms with Crippen LogP contribution in [0.25, 0.3) is 0 Å². The van der Waals surface area contributed by atoms with Crippen LogP contribution in [0.5, 0.6) is 0 Å². The van der Waals surface area contributed by atoms with Crippen molar-refractivity contribution >= 4 is 29.2 Å². The molecule has 2 aliphatic rings. The molecule has 0 amide bonds. The average molecular weight is 378 g/mol. The second-order valence-electron chi connectivity index (χ2n) is 6.28. The Labute approximate surface area is 153 Å². The number of aliphatic imine (C=N–C) groups is 1. The molecule has 0 saturated heterocycles. The Morgan fingerprint density at radius 1 is 1.12 bits per heavy atom. The largest absolute Gasteiger partial charge is 0.416 e. The fraction of sp³-hybridized carbons (Fsp3) is 0.211. The number of hydrogen-bond acceptors (Lipinski definition) is 3. The summed E-state index contributed by atoms with van der Waals surface area (Å²) in [6.45, 7) is 0. The van der Waals surface area contributed by atoms with Crippen LogP contribution in [0.2, 0.25) is 5.02 Å². The number of anilines is 2. The molecule has 3 atom stereocenters. The van der Waals surface area contributed by atoms with Gasteiger partial charge in [0.25, 0.3) is 0 Å². The highest BCUT2D eigenvalue weighted by atomic mass is 35.5. The van der Waals surface area contributed by atoms with E-state index in [4.69, 9.17) is 11.6 Å². The highest BCUT2D eigenvalue weighted by molar-refractivity contribution is 6.30. The maximum atomic E-state index is 14.6. The van der Waals surface area contributed by atoms with Crippen LogP contribution in [-0.2, 0) is 5.54 Å². The smallest absolute Gasteiger partial charge is 0.367 e. The van der Waals surface area contributed by atoms with Crippen LogP contribution in [0.1, 0.15) is 5.56 Å². The molecular weight excluding hydrogens is 363 g/mol. The van der Waals surface area contributed by atoms with Crippen molar-refractivity contribution in [2.75, 3.05) is 10.6 Å². The number of dihydropyridines is 1. The van der Waals surface area contributed by atoms with Crippen molar-refractivity contribution in [2.45, 2.75) is 17.9 Å². The average Bonchev–Trinajstić information content (AvgIpc) is 2.62. The lowest BCUT2D eigenvalue weighted by molar-refractivity contribution is -0.195. The minimum atomic E-state index is -4.59. The number of nitrogens with zero attached hydrogens (tertiary/aromatic N) is 1. The normalized spacial score (nSPS) is 26.6. The van der Waals surface area contributed by atoms with Gasteiger partial charge in [-0.15, -0.1) is 0 Å². The summed E-state index contributed by atoms with van der Waals surface area (Å²) in [6.07, 6.45) is -0.723. The van der Waals surface area contributed by atoms with Gasteiger partial charge >= 0.3 is 6.18 Å². The molecule has 2 N–H and O–H groups in total. The molecule has 7 heteroatoms. The fourth-order valence-electron chi connectivity index (χ4n) is 3.64. The Morgan fingerprint density at radius 3 is 2.62 bits per heavy atom. The van der Waals surface area contributed by atoms with Gasteiger partial charge < -0.3 is 10.6 Å². The summed E-state index contributed by atoms with van der Waals surface area (Å²) in [7, 11) is 0. The minimum absolute atomic E-state index is 0.0596. The van der Waals surface area contributed by atoms with Gasteiger partial charge in [-0.1, -0.05) is 35.9 Å². The van der Waals surface area contributed by atoms with E-state index < -0.39 is 23.8 Å². The number of alkyl halides is 3. The van der Waals surface area contributed by atoms with Crippen molar-refractivity contribution in [3.8, 4) is 0 Å². The van der Waals surface area contributed by atoms with Crippen molar-refractivity contribution in [1.29, 1.82) is 0 Å². The summed E-state index contributed by atoms with van der Waals surface area (Å²) >= 11 is 6.06. The van der Waals surface area contributed by atoms with E-state index in [1.807, 2.05) is 0 Å². The van der Waals surface area contributed by atoms with Gasteiger partial charge in [-0.3, -0.25) is 4.99 Å². The lowest BCUT2D eigenvalue weighted by atomic mass is 9.71. The van der Waals surface area contributed by atoms with Crippen LogP contribution in [0.15, 0.2) is 65.7 Å². The monoisotopic (exact) mass is 377 g/mol. The zero-order valence-electron chi connectivity index (χ0n) is 13.5. The Morgan fingerprint density at radius 2 is 1.88 bits per heavy atom. The molecule has 0 radical (unpaired) electrons. The molecule has 2 heterocycles. The van der Waals surface area contributed by atoms with Crippen LogP contribution in [0.4, 0.5) is 24.5 Å². The first kappa shape index (κ1) is 17.0. The second-order valence-corrected chi connectivity index (χ2v) is 6.72. The summed E-state index contributed by atoms with van der Waals surface area (Å²) in [6, 6.07) is 12.9. The molecule has 0 saturated carbocycles. The molecule has 0 fully saturated rings. The Kier molecular flexibility index (Phi) is 3.95.